The molecule has 0 saturated carbocycles. The monoisotopic (exact) mass is 328 g/mol. The van der Waals surface area contributed by atoms with E-state index in [1.807, 2.05) is 26.8 Å². The lowest BCUT2D eigenvalue weighted by Gasteiger charge is -2.24. The fourth-order valence-corrected chi connectivity index (χ4v) is 2.76. The van der Waals surface area contributed by atoms with Gasteiger partial charge in [-0.3, -0.25) is 4.90 Å². The van der Waals surface area contributed by atoms with Crippen molar-refractivity contribution in [3.05, 3.63) is 59.0 Å². The van der Waals surface area contributed by atoms with E-state index in [0.29, 0.717) is 13.1 Å². The molecular formula is C19H24N2O3. The molecule has 2 aromatic rings. The predicted octanol–water partition coefficient (Wildman–Crippen LogP) is 3.82. The van der Waals surface area contributed by atoms with Crippen LogP contribution >= 0.6 is 0 Å². The van der Waals surface area contributed by atoms with Crippen molar-refractivity contribution in [3.63, 3.8) is 0 Å². The van der Waals surface area contributed by atoms with E-state index in [4.69, 9.17) is 9.15 Å². The first kappa shape index (κ1) is 16.6. The lowest BCUT2D eigenvalue weighted by Crippen LogP contribution is -2.33. The van der Waals surface area contributed by atoms with E-state index < -0.39 is 5.60 Å². The highest BCUT2D eigenvalue weighted by Gasteiger charge is 2.27. The Morgan fingerprint density at radius 1 is 1.17 bits per heavy atom. The third-order valence-electron chi connectivity index (χ3n) is 3.88. The van der Waals surface area contributed by atoms with Crippen molar-refractivity contribution in [1.82, 2.24) is 10.2 Å². The topological polar surface area (TPSA) is 54.7 Å². The summed E-state index contributed by atoms with van der Waals surface area (Å²) in [6.07, 6.45) is 3.17. The molecule has 24 heavy (non-hydrogen) atoms. The number of benzene rings is 1. The van der Waals surface area contributed by atoms with E-state index in [2.05, 4.69) is 23.5 Å². The van der Waals surface area contributed by atoms with Crippen LogP contribution < -0.4 is 5.32 Å². The van der Waals surface area contributed by atoms with Crippen molar-refractivity contribution >= 4 is 6.09 Å². The number of rotatable bonds is 4. The molecule has 1 N–H and O–H groups in total. The van der Waals surface area contributed by atoms with Gasteiger partial charge in [0.2, 0.25) is 0 Å². The SMILES string of the molecule is CC(C)(C)OC(=O)N1Cc2ccc(CNCc3ccoc3)cc2C1. The number of carbonyl (C=O) groups excluding carboxylic acids is 1. The minimum atomic E-state index is -0.464. The van der Waals surface area contributed by atoms with E-state index >= 15 is 0 Å². The van der Waals surface area contributed by atoms with Crippen LogP contribution in [0.5, 0.6) is 0 Å². The summed E-state index contributed by atoms with van der Waals surface area (Å²) in [5.74, 6) is 0. The van der Waals surface area contributed by atoms with Gasteiger partial charge < -0.3 is 14.5 Å². The number of nitrogens with zero attached hydrogens (tertiary/aromatic N) is 1. The van der Waals surface area contributed by atoms with E-state index in [0.717, 1.165) is 18.7 Å². The maximum atomic E-state index is 12.2. The zero-order chi connectivity index (χ0) is 17.2. The molecule has 0 radical (unpaired) electrons. The van der Waals surface area contributed by atoms with Crippen LogP contribution in [0.15, 0.2) is 41.2 Å². The summed E-state index contributed by atoms with van der Waals surface area (Å²) < 4.78 is 10.5. The molecule has 1 aliphatic rings. The minimum Gasteiger partial charge on any atom is -0.472 e. The molecule has 0 bridgehead atoms. The first-order chi connectivity index (χ1) is 11.4. The summed E-state index contributed by atoms with van der Waals surface area (Å²) in [4.78, 5) is 13.9. The van der Waals surface area contributed by atoms with Crippen LogP contribution in [0.1, 0.15) is 43.0 Å². The zero-order valence-electron chi connectivity index (χ0n) is 14.5. The highest BCUT2D eigenvalue weighted by Crippen LogP contribution is 2.25. The Labute approximate surface area is 142 Å². The van der Waals surface area contributed by atoms with Crippen LogP contribution in [0.3, 0.4) is 0 Å². The molecule has 1 amide bonds. The Kier molecular flexibility index (Phi) is 4.62. The van der Waals surface area contributed by atoms with E-state index in [1.165, 1.54) is 16.7 Å². The van der Waals surface area contributed by atoms with Crippen LogP contribution in [0, 0.1) is 0 Å². The lowest BCUT2D eigenvalue weighted by molar-refractivity contribution is 0.0242. The molecule has 0 atom stereocenters. The van der Waals surface area contributed by atoms with Gasteiger partial charge in [0.15, 0.2) is 0 Å². The first-order valence-corrected chi connectivity index (χ1v) is 8.21. The van der Waals surface area contributed by atoms with E-state index in [9.17, 15) is 4.79 Å². The second-order valence-electron chi connectivity index (χ2n) is 7.17. The summed E-state index contributed by atoms with van der Waals surface area (Å²) >= 11 is 0. The summed E-state index contributed by atoms with van der Waals surface area (Å²) in [5, 5.41) is 3.40. The third kappa shape index (κ3) is 4.17. The number of furan rings is 1. The second kappa shape index (κ2) is 6.69. The predicted molar refractivity (Wildman–Crippen MR) is 91.2 cm³/mol. The summed E-state index contributed by atoms with van der Waals surface area (Å²) in [6.45, 7) is 8.45. The van der Waals surface area contributed by atoms with Crippen LogP contribution in [0.2, 0.25) is 0 Å². The molecule has 0 aliphatic carbocycles. The van der Waals surface area contributed by atoms with Gasteiger partial charge in [-0.05, 0) is 43.5 Å². The zero-order valence-corrected chi connectivity index (χ0v) is 14.5. The molecule has 0 unspecified atom stereocenters. The maximum absolute atomic E-state index is 12.2. The van der Waals surface area contributed by atoms with Crippen molar-refractivity contribution in [3.8, 4) is 0 Å². The molecule has 0 saturated heterocycles. The van der Waals surface area contributed by atoms with Gasteiger partial charge in [0, 0.05) is 31.7 Å². The number of hydrogen-bond donors (Lipinski definition) is 1. The first-order valence-electron chi connectivity index (χ1n) is 8.21. The van der Waals surface area contributed by atoms with Gasteiger partial charge in [-0.15, -0.1) is 0 Å². The molecule has 1 aromatic heterocycles. The van der Waals surface area contributed by atoms with Crippen molar-refractivity contribution in [2.75, 3.05) is 0 Å². The summed E-state index contributed by atoms with van der Waals surface area (Å²) in [6, 6.07) is 8.34. The number of ether oxygens (including phenoxy) is 1. The molecular weight excluding hydrogens is 304 g/mol. The molecule has 0 fully saturated rings. The van der Waals surface area contributed by atoms with Gasteiger partial charge in [-0.1, -0.05) is 18.2 Å². The van der Waals surface area contributed by atoms with Crippen molar-refractivity contribution in [2.24, 2.45) is 0 Å². The average molecular weight is 328 g/mol. The largest absolute Gasteiger partial charge is 0.472 e. The van der Waals surface area contributed by atoms with Crippen molar-refractivity contribution in [2.45, 2.75) is 52.6 Å². The summed E-state index contributed by atoms with van der Waals surface area (Å²) in [7, 11) is 0. The van der Waals surface area contributed by atoms with Gasteiger partial charge in [0.25, 0.3) is 0 Å². The third-order valence-corrected chi connectivity index (χ3v) is 3.88. The Morgan fingerprint density at radius 3 is 2.62 bits per heavy atom. The number of carbonyl (C=O) groups is 1. The van der Waals surface area contributed by atoms with E-state index in [-0.39, 0.29) is 6.09 Å². The highest BCUT2D eigenvalue weighted by molar-refractivity contribution is 5.69. The molecule has 1 aliphatic heterocycles. The summed E-state index contributed by atoms with van der Waals surface area (Å²) in [5.41, 5.74) is 4.27. The Bertz CT molecular complexity index is 702. The quantitative estimate of drug-likeness (QED) is 0.927. The molecule has 0 spiro atoms. The Balaban J connectivity index is 1.56. The van der Waals surface area contributed by atoms with Gasteiger partial charge in [-0.25, -0.2) is 4.79 Å². The molecule has 2 heterocycles. The molecule has 5 heteroatoms. The Morgan fingerprint density at radius 2 is 1.92 bits per heavy atom. The second-order valence-corrected chi connectivity index (χ2v) is 7.17. The average Bonchev–Trinajstić information content (AvgIpc) is 3.13. The molecule has 3 rings (SSSR count). The standard InChI is InChI=1S/C19H24N2O3/c1-19(2,3)24-18(22)21-11-16-5-4-14(8-17(16)12-21)9-20-10-15-6-7-23-13-15/h4-8,13,20H,9-12H2,1-3H3. The van der Waals surface area contributed by atoms with Crippen LogP contribution in [0.25, 0.3) is 0 Å². The number of hydrogen-bond acceptors (Lipinski definition) is 4. The lowest BCUT2D eigenvalue weighted by atomic mass is 10.1. The van der Waals surface area contributed by atoms with Gasteiger partial charge in [-0.2, -0.15) is 0 Å². The molecule has 1 aromatic carbocycles. The van der Waals surface area contributed by atoms with Crippen molar-refractivity contribution in [1.29, 1.82) is 0 Å². The maximum Gasteiger partial charge on any atom is 0.410 e. The molecule has 128 valence electrons. The van der Waals surface area contributed by atoms with E-state index in [1.54, 1.807) is 17.4 Å². The fraction of sp³-hybridized carbons (Fsp3) is 0.421. The minimum absolute atomic E-state index is 0.252. The smallest absolute Gasteiger partial charge is 0.410 e. The fourth-order valence-electron chi connectivity index (χ4n) is 2.76. The number of fused-ring (bicyclic) bond motifs is 1. The van der Waals surface area contributed by atoms with Gasteiger partial charge in [0.05, 0.1) is 12.5 Å². The Hall–Kier alpha value is -2.27. The number of nitrogens with one attached hydrogen (secondary N) is 1. The number of amides is 1. The van der Waals surface area contributed by atoms with Gasteiger partial charge in [0.1, 0.15) is 5.60 Å². The molecule has 5 nitrogen and oxygen atoms in total. The normalized spacial score (nSPS) is 13.9. The van der Waals surface area contributed by atoms with Crippen LogP contribution in [-0.2, 0) is 30.9 Å². The van der Waals surface area contributed by atoms with Crippen LogP contribution in [-0.4, -0.2) is 16.6 Å². The highest BCUT2D eigenvalue weighted by atomic mass is 16.6. The van der Waals surface area contributed by atoms with Gasteiger partial charge >= 0.3 is 6.09 Å². The van der Waals surface area contributed by atoms with Crippen LogP contribution in [0.4, 0.5) is 4.79 Å². The van der Waals surface area contributed by atoms with Crippen molar-refractivity contribution < 1.29 is 13.9 Å².